The molecule has 1 aliphatic heterocycles. The first-order valence-electron chi connectivity index (χ1n) is 12.2. The van der Waals surface area contributed by atoms with E-state index in [1.54, 1.807) is 0 Å². The third-order valence-electron chi connectivity index (χ3n) is 6.97. The number of piperidine rings is 1. The fourth-order valence-electron chi connectivity index (χ4n) is 4.91. The smallest absolute Gasteiger partial charge is 0.251 e. The molecule has 0 unspecified atom stereocenters. The van der Waals surface area contributed by atoms with Crippen molar-refractivity contribution in [1.29, 1.82) is 0 Å². The summed E-state index contributed by atoms with van der Waals surface area (Å²) in [7, 11) is 0. The summed E-state index contributed by atoms with van der Waals surface area (Å²) in [5, 5.41) is 6.90. The Labute approximate surface area is 197 Å². The SMILES string of the molecule is O=C(NCc1ccccc1)c1ccc([C@@H]2C[C@H]2NC2CCN(Cc3ccccc3)CC2)cc1. The lowest BCUT2D eigenvalue weighted by Crippen LogP contribution is -2.43. The van der Waals surface area contributed by atoms with Crippen LogP contribution in [0.3, 0.4) is 0 Å². The molecular formula is C29H33N3O. The molecule has 2 atom stereocenters. The molecule has 5 rings (SSSR count). The van der Waals surface area contributed by atoms with E-state index in [0.29, 0.717) is 24.5 Å². The zero-order valence-electron chi connectivity index (χ0n) is 19.1. The highest BCUT2D eigenvalue weighted by atomic mass is 16.1. The first-order chi connectivity index (χ1) is 16.2. The second kappa shape index (κ2) is 10.3. The molecule has 1 saturated heterocycles. The first kappa shape index (κ1) is 21.9. The predicted molar refractivity (Wildman–Crippen MR) is 133 cm³/mol. The van der Waals surface area contributed by atoms with Crippen LogP contribution >= 0.6 is 0 Å². The molecule has 0 spiro atoms. The Morgan fingerprint density at radius 3 is 2.12 bits per heavy atom. The van der Waals surface area contributed by atoms with E-state index in [2.05, 4.69) is 58.0 Å². The minimum atomic E-state index is -0.0156. The van der Waals surface area contributed by atoms with Gasteiger partial charge in [0.25, 0.3) is 5.91 Å². The summed E-state index contributed by atoms with van der Waals surface area (Å²) >= 11 is 0. The van der Waals surface area contributed by atoms with Crippen LogP contribution in [0.4, 0.5) is 0 Å². The van der Waals surface area contributed by atoms with Gasteiger partial charge in [0, 0.05) is 36.7 Å². The van der Waals surface area contributed by atoms with E-state index in [0.717, 1.165) is 30.8 Å². The van der Waals surface area contributed by atoms with Crippen molar-refractivity contribution in [3.05, 3.63) is 107 Å². The molecule has 0 bridgehead atoms. The summed E-state index contributed by atoms with van der Waals surface area (Å²) in [6, 6.07) is 30.2. The fourth-order valence-corrected chi connectivity index (χ4v) is 4.91. The molecule has 0 aromatic heterocycles. The minimum Gasteiger partial charge on any atom is -0.348 e. The maximum atomic E-state index is 12.5. The monoisotopic (exact) mass is 439 g/mol. The number of hydrogen-bond acceptors (Lipinski definition) is 3. The number of hydrogen-bond donors (Lipinski definition) is 2. The maximum Gasteiger partial charge on any atom is 0.251 e. The molecule has 1 amide bonds. The molecule has 1 heterocycles. The molecule has 3 aromatic carbocycles. The highest BCUT2D eigenvalue weighted by Gasteiger charge is 2.39. The lowest BCUT2D eigenvalue weighted by atomic mass is 10.0. The lowest BCUT2D eigenvalue weighted by molar-refractivity contribution is 0.0951. The number of amides is 1. The van der Waals surface area contributed by atoms with E-state index in [1.165, 1.54) is 30.4 Å². The minimum absolute atomic E-state index is 0.0156. The molecule has 0 radical (unpaired) electrons. The van der Waals surface area contributed by atoms with Crippen LogP contribution in [0.1, 0.15) is 52.2 Å². The van der Waals surface area contributed by atoms with Crippen LogP contribution in [0.2, 0.25) is 0 Å². The van der Waals surface area contributed by atoms with Gasteiger partial charge in [-0.1, -0.05) is 72.8 Å². The van der Waals surface area contributed by atoms with Gasteiger partial charge >= 0.3 is 0 Å². The summed E-state index contributed by atoms with van der Waals surface area (Å²) in [6.07, 6.45) is 3.64. The molecule has 4 heteroatoms. The van der Waals surface area contributed by atoms with Gasteiger partial charge in [0.05, 0.1) is 0 Å². The maximum absolute atomic E-state index is 12.5. The van der Waals surface area contributed by atoms with E-state index in [9.17, 15) is 4.79 Å². The van der Waals surface area contributed by atoms with Gasteiger partial charge in [0.2, 0.25) is 0 Å². The highest BCUT2D eigenvalue weighted by molar-refractivity contribution is 5.94. The van der Waals surface area contributed by atoms with E-state index in [4.69, 9.17) is 0 Å². The van der Waals surface area contributed by atoms with Gasteiger partial charge in [-0.05, 0) is 61.2 Å². The lowest BCUT2D eigenvalue weighted by Gasteiger charge is -2.32. The average molecular weight is 440 g/mol. The molecule has 2 fully saturated rings. The Kier molecular flexibility index (Phi) is 6.84. The van der Waals surface area contributed by atoms with Crippen LogP contribution in [0.25, 0.3) is 0 Å². The molecule has 33 heavy (non-hydrogen) atoms. The molecule has 2 aliphatic rings. The standard InChI is InChI=1S/C29H33N3O/c33-29(30-20-22-7-3-1-4-8-22)25-13-11-24(12-14-25)27-19-28(27)31-26-15-17-32(18-16-26)21-23-9-5-2-6-10-23/h1-14,26-28,31H,15-21H2,(H,30,33)/t27-,28+/m0/s1. The summed E-state index contributed by atoms with van der Waals surface area (Å²) in [6.45, 7) is 3.94. The topological polar surface area (TPSA) is 44.4 Å². The van der Waals surface area contributed by atoms with Gasteiger partial charge in [0.1, 0.15) is 0 Å². The van der Waals surface area contributed by atoms with Gasteiger partial charge in [0.15, 0.2) is 0 Å². The Balaban J connectivity index is 1.05. The molecule has 2 N–H and O–H groups in total. The highest BCUT2D eigenvalue weighted by Crippen LogP contribution is 2.41. The van der Waals surface area contributed by atoms with Crippen molar-refractivity contribution in [2.45, 2.75) is 50.4 Å². The zero-order valence-corrected chi connectivity index (χ0v) is 19.1. The Bertz CT molecular complexity index is 1030. The zero-order chi connectivity index (χ0) is 22.5. The van der Waals surface area contributed by atoms with E-state index in [1.807, 2.05) is 42.5 Å². The quantitative estimate of drug-likeness (QED) is 0.534. The molecule has 1 aliphatic carbocycles. The summed E-state index contributed by atoms with van der Waals surface area (Å²) < 4.78 is 0. The van der Waals surface area contributed by atoms with Crippen LogP contribution in [-0.4, -0.2) is 36.0 Å². The van der Waals surface area contributed by atoms with Crippen LogP contribution in [-0.2, 0) is 13.1 Å². The number of carbonyl (C=O) groups is 1. The normalized spacial score (nSPS) is 21.0. The first-order valence-corrected chi connectivity index (χ1v) is 12.2. The third-order valence-corrected chi connectivity index (χ3v) is 6.97. The third kappa shape index (κ3) is 5.89. The second-order valence-electron chi connectivity index (χ2n) is 9.44. The largest absolute Gasteiger partial charge is 0.348 e. The predicted octanol–water partition coefficient (Wildman–Crippen LogP) is 4.73. The van der Waals surface area contributed by atoms with Crippen molar-refractivity contribution in [2.75, 3.05) is 13.1 Å². The van der Waals surface area contributed by atoms with Crippen molar-refractivity contribution in [3.8, 4) is 0 Å². The Hall–Kier alpha value is -2.95. The molecular weight excluding hydrogens is 406 g/mol. The molecule has 1 saturated carbocycles. The number of nitrogens with one attached hydrogen (secondary N) is 2. The van der Waals surface area contributed by atoms with Gasteiger partial charge in [-0.3, -0.25) is 9.69 Å². The van der Waals surface area contributed by atoms with Gasteiger partial charge < -0.3 is 10.6 Å². The summed E-state index contributed by atoms with van der Waals surface area (Å²) in [5.74, 6) is 0.562. The van der Waals surface area contributed by atoms with Crippen LogP contribution in [0.5, 0.6) is 0 Å². The Morgan fingerprint density at radius 2 is 1.45 bits per heavy atom. The fraction of sp³-hybridized carbons (Fsp3) is 0.345. The summed E-state index contributed by atoms with van der Waals surface area (Å²) in [5.41, 5.74) is 4.59. The Morgan fingerprint density at radius 1 is 0.818 bits per heavy atom. The van der Waals surface area contributed by atoms with Crippen LogP contribution in [0.15, 0.2) is 84.9 Å². The number of benzene rings is 3. The van der Waals surface area contributed by atoms with Gasteiger partial charge in [-0.15, -0.1) is 0 Å². The number of rotatable bonds is 8. The summed E-state index contributed by atoms with van der Waals surface area (Å²) in [4.78, 5) is 15.0. The molecule has 170 valence electrons. The van der Waals surface area contributed by atoms with E-state index in [-0.39, 0.29) is 5.91 Å². The van der Waals surface area contributed by atoms with Crippen LogP contribution < -0.4 is 10.6 Å². The van der Waals surface area contributed by atoms with Gasteiger partial charge in [-0.25, -0.2) is 0 Å². The van der Waals surface area contributed by atoms with Crippen molar-refractivity contribution >= 4 is 5.91 Å². The molecule has 4 nitrogen and oxygen atoms in total. The second-order valence-corrected chi connectivity index (χ2v) is 9.44. The van der Waals surface area contributed by atoms with Crippen molar-refractivity contribution < 1.29 is 4.79 Å². The van der Waals surface area contributed by atoms with E-state index < -0.39 is 0 Å². The number of carbonyl (C=O) groups excluding carboxylic acids is 1. The van der Waals surface area contributed by atoms with Gasteiger partial charge in [-0.2, -0.15) is 0 Å². The number of nitrogens with zero attached hydrogens (tertiary/aromatic N) is 1. The van der Waals surface area contributed by atoms with E-state index >= 15 is 0 Å². The van der Waals surface area contributed by atoms with Crippen LogP contribution in [0, 0.1) is 0 Å². The molecule has 3 aromatic rings. The number of likely N-dealkylation sites (tertiary alicyclic amines) is 1. The average Bonchev–Trinajstić information content (AvgIpc) is 3.64. The van der Waals surface area contributed by atoms with Crippen molar-refractivity contribution in [3.63, 3.8) is 0 Å². The van der Waals surface area contributed by atoms with Crippen molar-refractivity contribution in [2.24, 2.45) is 0 Å². The van der Waals surface area contributed by atoms with Crippen molar-refractivity contribution in [1.82, 2.24) is 15.5 Å².